The fraction of sp³-hybridized carbons (Fsp3) is 0.917. The normalized spacial score (nSPS) is 13.5. The second-order valence-corrected chi connectivity index (χ2v) is 6.16. The van der Waals surface area contributed by atoms with Crippen LogP contribution in [0.15, 0.2) is 0 Å². The number of carbonyl (C=O) groups is 1. The summed E-state index contributed by atoms with van der Waals surface area (Å²) in [7, 11) is 0. The van der Waals surface area contributed by atoms with Crippen LogP contribution in [0.25, 0.3) is 0 Å². The van der Waals surface area contributed by atoms with Gasteiger partial charge >= 0.3 is 12.1 Å². The topological polar surface area (TPSA) is 58.6 Å². The molecular weight excluding hydrogens is 263 g/mol. The van der Waals surface area contributed by atoms with Crippen LogP contribution in [0.5, 0.6) is 0 Å². The van der Waals surface area contributed by atoms with Crippen molar-refractivity contribution in [1.29, 1.82) is 0 Å². The van der Waals surface area contributed by atoms with E-state index in [1.165, 1.54) is 0 Å². The highest BCUT2D eigenvalue weighted by Gasteiger charge is 2.39. The number of aliphatic hydroxyl groups is 1. The van der Waals surface area contributed by atoms with E-state index in [1.54, 1.807) is 13.8 Å². The quantitative estimate of drug-likeness (QED) is 0.749. The highest BCUT2D eigenvalue weighted by atomic mass is 19.4. The van der Waals surface area contributed by atoms with E-state index < -0.39 is 22.9 Å². The summed E-state index contributed by atoms with van der Waals surface area (Å²) in [6.45, 7) is 7.31. The molecule has 7 heteroatoms. The number of alkyl halides is 3. The van der Waals surface area contributed by atoms with Gasteiger partial charge < -0.3 is 15.2 Å². The summed E-state index contributed by atoms with van der Waals surface area (Å²) in [6, 6.07) is 0. The second-order valence-electron chi connectivity index (χ2n) is 6.16. The molecule has 0 aromatic heterocycles. The van der Waals surface area contributed by atoms with E-state index in [2.05, 4.69) is 0 Å². The number of hydrogen-bond donors (Lipinski definition) is 2. The van der Waals surface area contributed by atoms with Gasteiger partial charge in [0.2, 0.25) is 0 Å². The summed E-state index contributed by atoms with van der Waals surface area (Å²) in [5, 5.41) is 10.9. The molecule has 0 radical (unpaired) electrons. The van der Waals surface area contributed by atoms with Crippen LogP contribution in [-0.2, 0) is 9.53 Å². The Morgan fingerprint density at radius 2 is 1.58 bits per heavy atom. The van der Waals surface area contributed by atoms with Gasteiger partial charge in [-0.2, -0.15) is 13.2 Å². The maximum Gasteiger partial charge on any atom is 0.471 e. The lowest BCUT2D eigenvalue weighted by atomic mass is 9.93. The smallest absolute Gasteiger partial charge is 0.396 e. The average molecular weight is 285 g/mol. The molecule has 0 aromatic rings. The fourth-order valence-electron chi connectivity index (χ4n) is 1.12. The Kier molecular flexibility index (Phi) is 6.28. The van der Waals surface area contributed by atoms with Crippen LogP contribution < -0.4 is 5.32 Å². The molecule has 0 fully saturated rings. The van der Waals surface area contributed by atoms with E-state index in [4.69, 9.17) is 9.84 Å². The van der Waals surface area contributed by atoms with Gasteiger partial charge in [0, 0.05) is 17.4 Å². The Morgan fingerprint density at radius 3 is 2.00 bits per heavy atom. The van der Waals surface area contributed by atoms with Crippen LogP contribution in [0.2, 0.25) is 0 Å². The van der Waals surface area contributed by atoms with Gasteiger partial charge in [-0.3, -0.25) is 4.79 Å². The third-order valence-electron chi connectivity index (χ3n) is 2.40. The van der Waals surface area contributed by atoms with Crippen molar-refractivity contribution in [2.24, 2.45) is 10.8 Å². The zero-order chi connectivity index (χ0) is 15.3. The molecule has 1 amide bonds. The van der Waals surface area contributed by atoms with Crippen molar-refractivity contribution in [3.05, 3.63) is 0 Å². The summed E-state index contributed by atoms with van der Waals surface area (Å²) >= 11 is 0. The monoisotopic (exact) mass is 285 g/mol. The molecular formula is C12H22F3NO3. The molecule has 0 rings (SSSR count). The molecule has 0 saturated carbocycles. The van der Waals surface area contributed by atoms with Gasteiger partial charge in [0.1, 0.15) is 0 Å². The molecule has 0 saturated heterocycles. The molecule has 19 heavy (non-hydrogen) atoms. The minimum Gasteiger partial charge on any atom is -0.396 e. The molecule has 114 valence electrons. The van der Waals surface area contributed by atoms with Gasteiger partial charge in [-0.25, -0.2) is 0 Å². The highest BCUT2D eigenvalue weighted by molar-refractivity contribution is 5.81. The summed E-state index contributed by atoms with van der Waals surface area (Å²) < 4.78 is 41.4. The fourth-order valence-corrected chi connectivity index (χ4v) is 1.12. The predicted molar refractivity (Wildman–Crippen MR) is 64.5 cm³/mol. The van der Waals surface area contributed by atoms with Gasteiger partial charge in [-0.15, -0.1) is 0 Å². The van der Waals surface area contributed by atoms with Gasteiger partial charge in [0.25, 0.3) is 0 Å². The van der Waals surface area contributed by atoms with Crippen LogP contribution in [0.3, 0.4) is 0 Å². The molecule has 0 unspecified atom stereocenters. The van der Waals surface area contributed by atoms with Crippen LogP contribution in [0.1, 0.15) is 27.7 Å². The summed E-state index contributed by atoms with van der Waals surface area (Å²) in [4.78, 5) is 10.7. The first-order chi connectivity index (χ1) is 8.40. The SMILES string of the molecule is CC(C)(CO)COCC(C)(C)CNC(=O)C(F)(F)F. The number of hydrogen-bond acceptors (Lipinski definition) is 3. The first-order valence-corrected chi connectivity index (χ1v) is 5.93. The standard InChI is InChI=1S/C12H22F3NO3/c1-10(2,5-16-9(18)12(13,14)15)7-19-8-11(3,4)6-17/h17H,5-8H2,1-4H3,(H,16,18). The van der Waals surface area contributed by atoms with E-state index in [-0.39, 0.29) is 19.8 Å². The van der Waals surface area contributed by atoms with Crippen molar-refractivity contribution in [3.8, 4) is 0 Å². The largest absolute Gasteiger partial charge is 0.471 e. The number of aliphatic hydroxyl groups excluding tert-OH is 1. The Bertz CT molecular complexity index is 301. The van der Waals surface area contributed by atoms with Crippen molar-refractivity contribution < 1.29 is 27.8 Å². The minimum atomic E-state index is -4.87. The number of nitrogens with one attached hydrogen (secondary N) is 1. The summed E-state index contributed by atoms with van der Waals surface area (Å²) in [5.74, 6) is -1.95. The molecule has 4 nitrogen and oxygen atoms in total. The van der Waals surface area contributed by atoms with E-state index in [0.29, 0.717) is 6.61 Å². The van der Waals surface area contributed by atoms with E-state index >= 15 is 0 Å². The maximum absolute atomic E-state index is 12.0. The second kappa shape index (κ2) is 6.56. The molecule has 2 N–H and O–H groups in total. The molecule has 0 spiro atoms. The molecule has 0 atom stereocenters. The zero-order valence-electron chi connectivity index (χ0n) is 11.7. The average Bonchev–Trinajstić information content (AvgIpc) is 2.24. The first-order valence-electron chi connectivity index (χ1n) is 5.93. The first kappa shape index (κ1) is 18.2. The molecule has 0 bridgehead atoms. The third kappa shape index (κ3) is 8.05. The van der Waals surface area contributed by atoms with Gasteiger partial charge in [-0.05, 0) is 0 Å². The lowest BCUT2D eigenvalue weighted by Gasteiger charge is -2.28. The van der Waals surface area contributed by atoms with Gasteiger partial charge in [-0.1, -0.05) is 27.7 Å². The van der Waals surface area contributed by atoms with Crippen LogP contribution >= 0.6 is 0 Å². The number of carbonyl (C=O) groups excluding carboxylic acids is 1. The Labute approximate surface area is 111 Å². The molecule has 0 aliphatic heterocycles. The van der Waals surface area contributed by atoms with Crippen molar-refractivity contribution in [3.63, 3.8) is 0 Å². The number of amides is 1. The van der Waals surface area contributed by atoms with Gasteiger partial charge in [0.15, 0.2) is 0 Å². The Hall–Kier alpha value is -0.820. The van der Waals surface area contributed by atoms with E-state index in [0.717, 1.165) is 0 Å². The third-order valence-corrected chi connectivity index (χ3v) is 2.40. The van der Waals surface area contributed by atoms with E-state index in [9.17, 15) is 18.0 Å². The van der Waals surface area contributed by atoms with Gasteiger partial charge in [0.05, 0.1) is 19.8 Å². The number of halogens is 3. The van der Waals surface area contributed by atoms with Crippen molar-refractivity contribution >= 4 is 5.91 Å². The zero-order valence-corrected chi connectivity index (χ0v) is 11.7. The lowest BCUT2D eigenvalue weighted by molar-refractivity contribution is -0.174. The minimum absolute atomic E-state index is 0.0434. The maximum atomic E-state index is 12.0. The van der Waals surface area contributed by atoms with Crippen LogP contribution in [0, 0.1) is 10.8 Å². The summed E-state index contributed by atoms with van der Waals surface area (Å²) in [5.41, 5.74) is -1.02. The molecule has 0 aliphatic carbocycles. The van der Waals surface area contributed by atoms with Crippen molar-refractivity contribution in [2.45, 2.75) is 33.9 Å². The molecule has 0 aliphatic rings. The van der Waals surface area contributed by atoms with E-state index in [1.807, 2.05) is 19.2 Å². The van der Waals surface area contributed by atoms with Crippen LogP contribution in [0.4, 0.5) is 13.2 Å². The number of rotatable bonds is 7. The molecule has 0 heterocycles. The van der Waals surface area contributed by atoms with Crippen molar-refractivity contribution in [1.82, 2.24) is 5.32 Å². The summed E-state index contributed by atoms with van der Waals surface area (Å²) in [6.07, 6.45) is -4.87. The Morgan fingerprint density at radius 1 is 1.11 bits per heavy atom. The highest BCUT2D eigenvalue weighted by Crippen LogP contribution is 2.20. The Balaban J connectivity index is 4.10. The van der Waals surface area contributed by atoms with Crippen molar-refractivity contribution in [2.75, 3.05) is 26.4 Å². The lowest BCUT2D eigenvalue weighted by Crippen LogP contribution is -2.43. The number of ether oxygens (including phenoxy) is 1. The van der Waals surface area contributed by atoms with Crippen LogP contribution in [-0.4, -0.2) is 43.6 Å². The predicted octanol–water partition coefficient (Wildman–Crippen LogP) is 1.73. The molecule has 0 aromatic carbocycles.